The summed E-state index contributed by atoms with van der Waals surface area (Å²) in [5.41, 5.74) is 0.890. The Bertz CT molecular complexity index is 558. The van der Waals surface area contributed by atoms with Crippen molar-refractivity contribution in [2.45, 2.75) is 13.3 Å². The molecule has 1 heterocycles. The van der Waals surface area contributed by atoms with Crippen molar-refractivity contribution in [1.82, 2.24) is 10.2 Å². The van der Waals surface area contributed by atoms with Crippen LogP contribution in [0.25, 0.3) is 0 Å². The molecule has 2 amide bonds. The molecule has 1 saturated heterocycles. The zero-order valence-corrected chi connectivity index (χ0v) is 13.2. The minimum Gasteiger partial charge on any atom is -0.379 e. The van der Waals surface area contributed by atoms with Crippen LogP contribution in [0.15, 0.2) is 18.2 Å². The van der Waals surface area contributed by atoms with E-state index in [0.717, 1.165) is 39.3 Å². The van der Waals surface area contributed by atoms with Gasteiger partial charge in [0.2, 0.25) is 0 Å². The van der Waals surface area contributed by atoms with Crippen LogP contribution in [0.1, 0.15) is 12.0 Å². The summed E-state index contributed by atoms with van der Waals surface area (Å²) in [7, 11) is 0. The summed E-state index contributed by atoms with van der Waals surface area (Å²) in [6, 6.07) is 4.27. The Morgan fingerprint density at radius 1 is 1.39 bits per heavy atom. The van der Waals surface area contributed by atoms with Crippen LogP contribution in [0.5, 0.6) is 0 Å². The van der Waals surface area contributed by atoms with E-state index in [-0.39, 0.29) is 11.7 Å². The largest absolute Gasteiger partial charge is 0.379 e. The number of morpholine rings is 1. The van der Waals surface area contributed by atoms with E-state index in [0.29, 0.717) is 17.8 Å². The second kappa shape index (κ2) is 8.44. The van der Waals surface area contributed by atoms with E-state index in [4.69, 9.17) is 4.74 Å². The average Bonchev–Trinajstić information content (AvgIpc) is 2.54. The first-order valence-corrected chi connectivity index (χ1v) is 7.67. The highest BCUT2D eigenvalue weighted by molar-refractivity contribution is 5.90. The smallest absolute Gasteiger partial charge is 0.319 e. The van der Waals surface area contributed by atoms with Crippen molar-refractivity contribution in [3.8, 4) is 0 Å². The number of nitro benzene ring substituents is 1. The van der Waals surface area contributed by atoms with Gasteiger partial charge in [-0.1, -0.05) is 6.07 Å². The van der Waals surface area contributed by atoms with Crippen molar-refractivity contribution in [2.24, 2.45) is 0 Å². The van der Waals surface area contributed by atoms with Gasteiger partial charge in [-0.25, -0.2) is 4.79 Å². The molecule has 2 N–H and O–H groups in total. The number of nitrogens with zero attached hydrogens (tertiary/aromatic N) is 2. The molecule has 2 rings (SSSR count). The summed E-state index contributed by atoms with van der Waals surface area (Å²) in [6.07, 6.45) is 0.849. The number of hydrogen-bond donors (Lipinski definition) is 2. The van der Waals surface area contributed by atoms with Gasteiger partial charge in [-0.05, 0) is 26.0 Å². The first-order valence-electron chi connectivity index (χ1n) is 7.67. The predicted octanol–water partition coefficient (Wildman–Crippen LogP) is 1.75. The Morgan fingerprint density at radius 2 is 2.13 bits per heavy atom. The highest BCUT2D eigenvalue weighted by atomic mass is 16.6. The Labute approximate surface area is 134 Å². The maximum atomic E-state index is 11.9. The van der Waals surface area contributed by atoms with E-state index in [1.54, 1.807) is 19.1 Å². The van der Waals surface area contributed by atoms with Gasteiger partial charge in [0.05, 0.1) is 29.4 Å². The van der Waals surface area contributed by atoms with Gasteiger partial charge in [0, 0.05) is 25.7 Å². The van der Waals surface area contributed by atoms with E-state index < -0.39 is 4.92 Å². The van der Waals surface area contributed by atoms with Gasteiger partial charge in [0.15, 0.2) is 0 Å². The monoisotopic (exact) mass is 322 g/mol. The van der Waals surface area contributed by atoms with Gasteiger partial charge in [-0.15, -0.1) is 0 Å². The minimum absolute atomic E-state index is 0.00452. The molecule has 1 aromatic carbocycles. The molecule has 0 saturated carbocycles. The number of amides is 2. The average molecular weight is 322 g/mol. The predicted molar refractivity (Wildman–Crippen MR) is 86.7 cm³/mol. The summed E-state index contributed by atoms with van der Waals surface area (Å²) in [5, 5.41) is 16.3. The standard InChI is InChI=1S/C15H22N4O4/c1-12-13(4-2-5-14(12)19(21)22)17-15(20)16-6-3-7-18-8-10-23-11-9-18/h2,4-5H,3,6-11H2,1H3,(H2,16,17,20). The van der Waals surface area contributed by atoms with E-state index in [1.807, 2.05) is 0 Å². The normalized spacial score (nSPS) is 15.2. The zero-order chi connectivity index (χ0) is 16.7. The Hall–Kier alpha value is -2.19. The SMILES string of the molecule is Cc1c(NC(=O)NCCCN2CCOCC2)cccc1[N+](=O)[O-]. The van der Waals surface area contributed by atoms with E-state index in [9.17, 15) is 14.9 Å². The second-order valence-corrected chi connectivity index (χ2v) is 5.40. The highest BCUT2D eigenvalue weighted by Gasteiger charge is 2.14. The maximum Gasteiger partial charge on any atom is 0.319 e. The van der Waals surface area contributed by atoms with Crippen LogP contribution < -0.4 is 10.6 Å². The Kier molecular flexibility index (Phi) is 6.30. The van der Waals surface area contributed by atoms with Crippen molar-refractivity contribution in [1.29, 1.82) is 0 Å². The Balaban J connectivity index is 1.74. The van der Waals surface area contributed by atoms with Crippen LogP contribution in [0.2, 0.25) is 0 Å². The van der Waals surface area contributed by atoms with Crippen molar-refractivity contribution < 1.29 is 14.5 Å². The van der Waals surface area contributed by atoms with E-state index in [1.165, 1.54) is 6.07 Å². The second-order valence-electron chi connectivity index (χ2n) is 5.40. The number of nitrogens with one attached hydrogen (secondary N) is 2. The third-order valence-corrected chi connectivity index (χ3v) is 3.79. The van der Waals surface area contributed by atoms with Crippen molar-refractivity contribution in [3.63, 3.8) is 0 Å². The molecule has 0 bridgehead atoms. The fourth-order valence-corrected chi connectivity index (χ4v) is 2.45. The van der Waals surface area contributed by atoms with Crippen LogP contribution in [-0.4, -0.2) is 55.2 Å². The molecule has 8 nitrogen and oxygen atoms in total. The lowest BCUT2D eigenvalue weighted by Crippen LogP contribution is -2.38. The molecule has 0 aliphatic carbocycles. The van der Waals surface area contributed by atoms with E-state index >= 15 is 0 Å². The molecule has 1 aromatic rings. The van der Waals surface area contributed by atoms with Crippen molar-refractivity contribution in [3.05, 3.63) is 33.9 Å². The summed E-state index contributed by atoms with van der Waals surface area (Å²) in [5.74, 6) is 0. The van der Waals surface area contributed by atoms with Gasteiger partial charge in [-0.2, -0.15) is 0 Å². The number of hydrogen-bond acceptors (Lipinski definition) is 5. The third kappa shape index (κ3) is 5.19. The van der Waals surface area contributed by atoms with Crippen molar-refractivity contribution in [2.75, 3.05) is 44.7 Å². The van der Waals surface area contributed by atoms with Gasteiger partial charge in [0.25, 0.3) is 5.69 Å². The Morgan fingerprint density at radius 3 is 2.83 bits per heavy atom. The van der Waals surface area contributed by atoms with Gasteiger partial charge in [-0.3, -0.25) is 15.0 Å². The van der Waals surface area contributed by atoms with Gasteiger partial charge >= 0.3 is 6.03 Å². The molecule has 1 aliphatic heterocycles. The van der Waals surface area contributed by atoms with Crippen LogP contribution in [0.3, 0.4) is 0 Å². The number of rotatable bonds is 6. The molecule has 0 radical (unpaired) electrons. The van der Waals surface area contributed by atoms with Gasteiger partial charge in [0.1, 0.15) is 0 Å². The van der Waals surface area contributed by atoms with Crippen molar-refractivity contribution >= 4 is 17.4 Å². The topological polar surface area (TPSA) is 96.7 Å². The maximum absolute atomic E-state index is 11.9. The molecule has 1 fully saturated rings. The van der Waals surface area contributed by atoms with Gasteiger partial charge < -0.3 is 15.4 Å². The first kappa shape index (κ1) is 17.2. The number of anilines is 1. The molecule has 8 heteroatoms. The molecular formula is C15H22N4O4. The lowest BCUT2D eigenvalue weighted by atomic mass is 10.1. The number of nitro groups is 1. The quantitative estimate of drug-likeness (QED) is 0.472. The summed E-state index contributed by atoms with van der Waals surface area (Å²) in [4.78, 5) is 24.6. The molecule has 23 heavy (non-hydrogen) atoms. The summed E-state index contributed by atoms with van der Waals surface area (Å²) in [6.45, 7) is 6.47. The van der Waals surface area contributed by atoms with E-state index in [2.05, 4.69) is 15.5 Å². The number of carbonyl (C=O) groups is 1. The fraction of sp³-hybridized carbons (Fsp3) is 0.533. The number of urea groups is 1. The van der Waals surface area contributed by atoms with Crippen LogP contribution in [-0.2, 0) is 4.74 Å². The molecule has 0 unspecified atom stereocenters. The first-order chi connectivity index (χ1) is 11.1. The zero-order valence-electron chi connectivity index (χ0n) is 13.2. The van der Waals surface area contributed by atoms with Crippen LogP contribution in [0, 0.1) is 17.0 Å². The molecule has 1 aliphatic rings. The fourth-order valence-electron chi connectivity index (χ4n) is 2.45. The minimum atomic E-state index is -0.458. The third-order valence-electron chi connectivity index (χ3n) is 3.79. The highest BCUT2D eigenvalue weighted by Crippen LogP contribution is 2.24. The molecular weight excluding hydrogens is 300 g/mol. The summed E-state index contributed by atoms with van der Waals surface area (Å²) < 4.78 is 5.28. The molecule has 0 aromatic heterocycles. The molecule has 126 valence electrons. The summed E-state index contributed by atoms with van der Waals surface area (Å²) >= 11 is 0. The van der Waals surface area contributed by atoms with Crippen LogP contribution in [0.4, 0.5) is 16.2 Å². The lowest BCUT2D eigenvalue weighted by Gasteiger charge is -2.26. The number of ether oxygens (including phenoxy) is 1. The number of carbonyl (C=O) groups excluding carboxylic acids is 1. The van der Waals surface area contributed by atoms with Crippen LogP contribution >= 0.6 is 0 Å². The molecule has 0 spiro atoms. The lowest BCUT2D eigenvalue weighted by molar-refractivity contribution is -0.385. The molecule has 0 atom stereocenters. The number of benzene rings is 1.